The van der Waals surface area contributed by atoms with E-state index in [-0.39, 0.29) is 11.8 Å². The monoisotopic (exact) mass is 377 g/mol. The number of aromatic nitrogens is 2. The fourth-order valence-electron chi connectivity index (χ4n) is 3.68. The zero-order chi connectivity index (χ0) is 19.5. The highest BCUT2D eigenvalue weighted by Crippen LogP contribution is 2.29. The summed E-state index contributed by atoms with van der Waals surface area (Å²) in [6.07, 6.45) is 8.60. The molecular weight excluding hydrogens is 350 g/mol. The summed E-state index contributed by atoms with van der Waals surface area (Å²) in [5.74, 6) is 2.07. The van der Waals surface area contributed by atoms with E-state index >= 15 is 0 Å². The molecule has 4 rings (SSSR count). The van der Waals surface area contributed by atoms with E-state index in [0.717, 1.165) is 37.4 Å². The number of hydrogen-bond donors (Lipinski definition) is 0. The SMILES string of the molecule is Cc1ccc(C)c(Cn2ccnc2CN(Cc2ccco2)C(=O)C2CCC2)c1. The Balaban J connectivity index is 1.54. The van der Waals surface area contributed by atoms with Crippen LogP contribution in [0.15, 0.2) is 53.4 Å². The number of nitrogens with zero attached hydrogens (tertiary/aromatic N) is 3. The molecule has 1 amide bonds. The standard InChI is InChI=1S/C23H27N3O2/c1-17-8-9-18(2)20(13-17)14-25-11-10-24-22(25)16-26(15-21-7-4-12-28-21)23(27)19-5-3-6-19/h4,7-13,19H,3,5-6,14-16H2,1-2H3. The van der Waals surface area contributed by atoms with Crippen LogP contribution in [0.4, 0.5) is 0 Å². The number of furan rings is 1. The number of hydrogen-bond acceptors (Lipinski definition) is 3. The third kappa shape index (κ3) is 4.03. The molecule has 1 saturated carbocycles. The summed E-state index contributed by atoms with van der Waals surface area (Å²) in [5.41, 5.74) is 3.80. The zero-order valence-electron chi connectivity index (χ0n) is 16.6. The maximum atomic E-state index is 13.0. The molecule has 0 radical (unpaired) electrons. The van der Waals surface area contributed by atoms with Crippen LogP contribution in [0, 0.1) is 19.8 Å². The molecule has 0 atom stereocenters. The Kier molecular flexibility index (Phi) is 5.33. The second kappa shape index (κ2) is 8.05. The van der Waals surface area contributed by atoms with Crippen LogP contribution < -0.4 is 0 Å². The minimum absolute atomic E-state index is 0.150. The first-order chi connectivity index (χ1) is 13.6. The van der Waals surface area contributed by atoms with E-state index in [2.05, 4.69) is 41.6 Å². The van der Waals surface area contributed by atoms with E-state index in [9.17, 15) is 4.79 Å². The van der Waals surface area contributed by atoms with E-state index < -0.39 is 0 Å². The van der Waals surface area contributed by atoms with Crippen molar-refractivity contribution < 1.29 is 9.21 Å². The lowest BCUT2D eigenvalue weighted by molar-refractivity contribution is -0.139. The number of carbonyl (C=O) groups is 1. The molecular formula is C23H27N3O2. The van der Waals surface area contributed by atoms with E-state index in [1.165, 1.54) is 16.7 Å². The van der Waals surface area contributed by atoms with Gasteiger partial charge in [-0.25, -0.2) is 4.98 Å². The summed E-state index contributed by atoms with van der Waals surface area (Å²) in [5, 5.41) is 0. The van der Waals surface area contributed by atoms with Gasteiger partial charge in [0.2, 0.25) is 5.91 Å². The van der Waals surface area contributed by atoms with E-state index in [0.29, 0.717) is 13.1 Å². The van der Waals surface area contributed by atoms with Crippen LogP contribution in [0.3, 0.4) is 0 Å². The van der Waals surface area contributed by atoms with Gasteiger partial charge in [0.05, 0.1) is 19.4 Å². The first-order valence-corrected chi connectivity index (χ1v) is 9.97. The molecule has 1 aliphatic carbocycles. The predicted molar refractivity (Wildman–Crippen MR) is 108 cm³/mol. The fourth-order valence-corrected chi connectivity index (χ4v) is 3.68. The molecule has 146 valence electrons. The molecule has 28 heavy (non-hydrogen) atoms. The second-order valence-corrected chi connectivity index (χ2v) is 7.80. The Labute approximate surface area is 166 Å². The van der Waals surface area contributed by atoms with Gasteiger partial charge in [-0.15, -0.1) is 0 Å². The third-order valence-electron chi connectivity index (χ3n) is 5.67. The van der Waals surface area contributed by atoms with Gasteiger partial charge in [-0.2, -0.15) is 0 Å². The topological polar surface area (TPSA) is 51.3 Å². The number of aryl methyl sites for hydroxylation is 2. The minimum atomic E-state index is 0.150. The Bertz CT molecular complexity index is 939. The van der Waals surface area contributed by atoms with Gasteiger partial charge >= 0.3 is 0 Å². The van der Waals surface area contributed by atoms with Crippen molar-refractivity contribution in [2.45, 2.75) is 52.7 Å². The summed E-state index contributed by atoms with van der Waals surface area (Å²) < 4.78 is 7.64. The Hall–Kier alpha value is -2.82. The number of carbonyl (C=O) groups excluding carboxylic acids is 1. The first kappa shape index (κ1) is 18.5. The van der Waals surface area contributed by atoms with Crippen molar-refractivity contribution in [3.63, 3.8) is 0 Å². The summed E-state index contributed by atoms with van der Waals surface area (Å²) in [6.45, 7) is 5.98. The lowest BCUT2D eigenvalue weighted by atomic mass is 9.84. The van der Waals surface area contributed by atoms with Crippen molar-refractivity contribution in [1.82, 2.24) is 14.5 Å². The zero-order valence-corrected chi connectivity index (χ0v) is 16.6. The maximum absolute atomic E-state index is 13.0. The molecule has 0 saturated heterocycles. The van der Waals surface area contributed by atoms with Crippen molar-refractivity contribution in [2.24, 2.45) is 5.92 Å². The van der Waals surface area contributed by atoms with Gasteiger partial charge < -0.3 is 13.9 Å². The summed E-state index contributed by atoms with van der Waals surface area (Å²) in [6, 6.07) is 10.3. The van der Waals surface area contributed by atoms with Crippen molar-refractivity contribution in [2.75, 3.05) is 0 Å². The van der Waals surface area contributed by atoms with Crippen LogP contribution in [0.1, 0.15) is 47.5 Å². The van der Waals surface area contributed by atoms with E-state index in [1.807, 2.05) is 29.4 Å². The van der Waals surface area contributed by atoms with Crippen LogP contribution >= 0.6 is 0 Å². The lowest BCUT2D eigenvalue weighted by Crippen LogP contribution is -2.38. The summed E-state index contributed by atoms with van der Waals surface area (Å²) in [4.78, 5) is 19.4. The van der Waals surface area contributed by atoms with Gasteiger partial charge in [-0.1, -0.05) is 30.2 Å². The largest absolute Gasteiger partial charge is 0.467 e. The van der Waals surface area contributed by atoms with Gasteiger partial charge in [0.15, 0.2) is 0 Å². The molecule has 1 aliphatic rings. The quantitative estimate of drug-likeness (QED) is 0.610. The molecule has 3 aromatic rings. The Morgan fingerprint density at radius 2 is 2.11 bits per heavy atom. The van der Waals surface area contributed by atoms with Crippen LogP contribution in [-0.4, -0.2) is 20.4 Å². The van der Waals surface area contributed by atoms with Gasteiger partial charge in [0.25, 0.3) is 0 Å². The van der Waals surface area contributed by atoms with Crippen molar-refractivity contribution in [1.29, 1.82) is 0 Å². The molecule has 0 aliphatic heterocycles. The first-order valence-electron chi connectivity index (χ1n) is 9.97. The number of amides is 1. The lowest BCUT2D eigenvalue weighted by Gasteiger charge is -2.31. The average molecular weight is 377 g/mol. The van der Waals surface area contributed by atoms with Crippen LogP contribution in [-0.2, 0) is 24.4 Å². The highest BCUT2D eigenvalue weighted by Gasteiger charge is 2.30. The van der Waals surface area contributed by atoms with E-state index in [4.69, 9.17) is 4.42 Å². The molecule has 1 aromatic carbocycles. The summed E-state index contributed by atoms with van der Waals surface area (Å²) in [7, 11) is 0. The average Bonchev–Trinajstić information content (AvgIpc) is 3.28. The van der Waals surface area contributed by atoms with Gasteiger partial charge in [-0.05, 0) is 49.9 Å². The van der Waals surface area contributed by atoms with Gasteiger partial charge in [0, 0.05) is 24.9 Å². The molecule has 0 bridgehead atoms. The minimum Gasteiger partial charge on any atom is -0.467 e. The number of benzene rings is 1. The molecule has 0 N–H and O–H groups in total. The fraction of sp³-hybridized carbons (Fsp3) is 0.391. The molecule has 2 heterocycles. The van der Waals surface area contributed by atoms with Crippen LogP contribution in [0.2, 0.25) is 0 Å². The van der Waals surface area contributed by atoms with Crippen LogP contribution in [0.5, 0.6) is 0 Å². The number of rotatable bonds is 7. The Morgan fingerprint density at radius 3 is 2.82 bits per heavy atom. The van der Waals surface area contributed by atoms with Gasteiger partial charge in [-0.3, -0.25) is 4.79 Å². The smallest absolute Gasteiger partial charge is 0.226 e. The molecule has 1 fully saturated rings. The second-order valence-electron chi connectivity index (χ2n) is 7.80. The number of imidazole rings is 1. The molecule has 0 spiro atoms. The maximum Gasteiger partial charge on any atom is 0.226 e. The Morgan fingerprint density at radius 1 is 1.25 bits per heavy atom. The predicted octanol–water partition coefficient (Wildman–Crippen LogP) is 4.47. The highest BCUT2D eigenvalue weighted by atomic mass is 16.3. The normalized spacial score (nSPS) is 14.1. The molecule has 5 nitrogen and oxygen atoms in total. The van der Waals surface area contributed by atoms with E-state index in [1.54, 1.807) is 6.26 Å². The van der Waals surface area contributed by atoms with Crippen molar-refractivity contribution in [3.8, 4) is 0 Å². The molecule has 0 unspecified atom stereocenters. The summed E-state index contributed by atoms with van der Waals surface area (Å²) >= 11 is 0. The molecule has 2 aromatic heterocycles. The highest BCUT2D eigenvalue weighted by molar-refractivity contribution is 5.79. The van der Waals surface area contributed by atoms with Gasteiger partial charge in [0.1, 0.15) is 11.6 Å². The van der Waals surface area contributed by atoms with Crippen molar-refractivity contribution >= 4 is 5.91 Å². The molecule has 5 heteroatoms. The van der Waals surface area contributed by atoms with Crippen LogP contribution in [0.25, 0.3) is 0 Å². The van der Waals surface area contributed by atoms with Crippen molar-refractivity contribution in [3.05, 3.63) is 77.3 Å². The third-order valence-corrected chi connectivity index (χ3v) is 5.67.